The van der Waals surface area contributed by atoms with Gasteiger partial charge in [0.15, 0.2) is 0 Å². The van der Waals surface area contributed by atoms with Crippen LogP contribution >= 0.6 is 0 Å². The van der Waals surface area contributed by atoms with Gasteiger partial charge in [0, 0.05) is 25.8 Å². The van der Waals surface area contributed by atoms with E-state index in [-0.39, 0.29) is 10.8 Å². The molecule has 0 unspecified atom stereocenters. The second kappa shape index (κ2) is 8.47. The van der Waals surface area contributed by atoms with E-state index in [2.05, 4.69) is 10.3 Å². The monoisotopic (exact) mass is 390 g/mol. The maximum absolute atomic E-state index is 12.4. The lowest BCUT2D eigenvalue weighted by atomic mass is 10.1. The summed E-state index contributed by atoms with van der Waals surface area (Å²) in [5.74, 6) is 0.641. The summed E-state index contributed by atoms with van der Waals surface area (Å²) in [5, 5.41) is 8.27. The number of nitrogens with one attached hydrogen (secondary N) is 1. The zero-order valence-corrected chi connectivity index (χ0v) is 15.6. The summed E-state index contributed by atoms with van der Waals surface area (Å²) in [4.78, 5) is 18.5. The number of hydrogen-bond donors (Lipinski definition) is 2. The third kappa shape index (κ3) is 5.25. The van der Waals surface area contributed by atoms with Crippen molar-refractivity contribution in [2.45, 2.75) is 11.3 Å². The van der Waals surface area contributed by atoms with Crippen molar-refractivity contribution in [2.75, 3.05) is 38.2 Å². The molecule has 0 radical (unpaired) electrons. The van der Waals surface area contributed by atoms with Gasteiger partial charge in [-0.3, -0.25) is 4.79 Å². The lowest BCUT2D eigenvalue weighted by Gasteiger charge is -2.26. The molecule has 1 aromatic heterocycles. The second-order valence-electron chi connectivity index (χ2n) is 6.20. The molecule has 0 aliphatic carbocycles. The van der Waals surface area contributed by atoms with Gasteiger partial charge in [0.2, 0.25) is 10.0 Å². The zero-order chi connectivity index (χ0) is 19.3. The molecule has 1 saturated heterocycles. The third-order valence-electron chi connectivity index (χ3n) is 4.28. The molecule has 1 aromatic carbocycles. The Morgan fingerprint density at radius 3 is 2.44 bits per heavy atom. The molecule has 144 valence electrons. The van der Waals surface area contributed by atoms with E-state index in [1.165, 1.54) is 12.1 Å². The first kappa shape index (κ1) is 19.3. The highest BCUT2D eigenvalue weighted by Gasteiger charge is 2.18. The summed E-state index contributed by atoms with van der Waals surface area (Å²) >= 11 is 0. The summed E-state index contributed by atoms with van der Waals surface area (Å²) in [5.41, 5.74) is 1.54. The number of benzene rings is 1. The maximum Gasteiger partial charge on any atom is 0.255 e. The van der Waals surface area contributed by atoms with Gasteiger partial charge in [-0.1, -0.05) is 12.1 Å². The van der Waals surface area contributed by atoms with E-state index in [0.29, 0.717) is 50.7 Å². The summed E-state index contributed by atoms with van der Waals surface area (Å²) in [6.07, 6.45) is 2.27. The van der Waals surface area contributed by atoms with Crippen molar-refractivity contribution in [2.24, 2.45) is 5.14 Å². The van der Waals surface area contributed by atoms with Crippen LogP contribution in [0.1, 0.15) is 15.9 Å². The number of anilines is 1. The Balaban J connectivity index is 1.50. The van der Waals surface area contributed by atoms with Crippen LogP contribution in [0.15, 0.2) is 47.5 Å². The Kier molecular flexibility index (Phi) is 6.04. The number of pyridine rings is 1. The second-order valence-corrected chi connectivity index (χ2v) is 7.76. The van der Waals surface area contributed by atoms with Gasteiger partial charge in [-0.05, 0) is 36.2 Å². The number of carbonyl (C=O) groups is 1. The first-order valence-electron chi connectivity index (χ1n) is 8.62. The molecule has 0 saturated carbocycles. The van der Waals surface area contributed by atoms with Gasteiger partial charge in [-0.15, -0.1) is 0 Å². The van der Waals surface area contributed by atoms with Gasteiger partial charge in [0.1, 0.15) is 5.82 Å². The molecule has 27 heavy (non-hydrogen) atoms. The number of nitrogens with two attached hydrogens (primary N) is 1. The van der Waals surface area contributed by atoms with Crippen molar-refractivity contribution < 1.29 is 17.9 Å². The average molecular weight is 390 g/mol. The standard InChI is InChI=1S/C18H22N4O4S/c19-27(24,25)16-4-1-14(2-5-16)7-8-20-17-6-3-15(13-21-17)18(23)22-9-11-26-12-10-22/h1-6,13H,7-12H2,(H,20,21)(H2,19,24,25). The van der Waals surface area contributed by atoms with E-state index >= 15 is 0 Å². The van der Waals surface area contributed by atoms with Gasteiger partial charge < -0.3 is 15.0 Å². The molecular weight excluding hydrogens is 368 g/mol. The fraction of sp³-hybridized carbons (Fsp3) is 0.333. The normalized spacial score (nSPS) is 14.8. The first-order chi connectivity index (χ1) is 12.9. The van der Waals surface area contributed by atoms with Crippen LogP contribution in [0.5, 0.6) is 0 Å². The molecule has 0 atom stereocenters. The molecule has 3 rings (SSSR count). The van der Waals surface area contributed by atoms with Crippen LogP contribution in [0.3, 0.4) is 0 Å². The number of hydrogen-bond acceptors (Lipinski definition) is 6. The summed E-state index contributed by atoms with van der Waals surface area (Å²) in [6.45, 7) is 2.96. The Hall–Kier alpha value is -2.49. The van der Waals surface area contributed by atoms with Crippen LogP contribution in [0.2, 0.25) is 0 Å². The highest BCUT2D eigenvalue weighted by molar-refractivity contribution is 7.89. The Morgan fingerprint density at radius 1 is 1.15 bits per heavy atom. The van der Waals surface area contributed by atoms with Crippen molar-refractivity contribution in [3.05, 3.63) is 53.7 Å². The average Bonchev–Trinajstić information content (AvgIpc) is 2.68. The highest BCUT2D eigenvalue weighted by atomic mass is 32.2. The molecule has 0 spiro atoms. The molecule has 3 N–H and O–H groups in total. The molecule has 2 aromatic rings. The minimum Gasteiger partial charge on any atom is -0.378 e. The first-order valence-corrected chi connectivity index (χ1v) is 10.2. The van der Waals surface area contributed by atoms with Crippen LogP contribution in [-0.4, -0.2) is 57.1 Å². The van der Waals surface area contributed by atoms with Crippen molar-refractivity contribution >= 4 is 21.7 Å². The predicted molar refractivity (Wildman–Crippen MR) is 101 cm³/mol. The number of amides is 1. The SMILES string of the molecule is NS(=O)(=O)c1ccc(CCNc2ccc(C(=O)N3CCOCC3)cn2)cc1. The molecule has 9 heteroatoms. The Bertz CT molecular complexity index is 877. The zero-order valence-electron chi connectivity index (χ0n) is 14.8. The number of carbonyl (C=O) groups excluding carboxylic acids is 1. The number of primary sulfonamides is 1. The van der Waals surface area contributed by atoms with Crippen LogP contribution in [-0.2, 0) is 21.2 Å². The lowest BCUT2D eigenvalue weighted by Crippen LogP contribution is -2.40. The van der Waals surface area contributed by atoms with Crippen LogP contribution in [0.25, 0.3) is 0 Å². The summed E-state index contributed by atoms with van der Waals surface area (Å²) in [6, 6.07) is 9.99. The molecule has 1 amide bonds. The van der Waals surface area contributed by atoms with Crippen LogP contribution in [0, 0.1) is 0 Å². The molecule has 2 heterocycles. The number of sulfonamides is 1. The number of nitrogens with zero attached hydrogens (tertiary/aromatic N) is 2. The number of rotatable bonds is 6. The summed E-state index contributed by atoms with van der Waals surface area (Å²) < 4.78 is 27.7. The van der Waals surface area contributed by atoms with E-state index in [4.69, 9.17) is 9.88 Å². The molecular formula is C18H22N4O4S. The molecule has 1 aliphatic rings. The number of aromatic nitrogens is 1. The lowest BCUT2D eigenvalue weighted by molar-refractivity contribution is 0.0302. The Labute approximate surface area is 158 Å². The van der Waals surface area contributed by atoms with Crippen molar-refractivity contribution in [3.8, 4) is 0 Å². The highest BCUT2D eigenvalue weighted by Crippen LogP contribution is 2.11. The van der Waals surface area contributed by atoms with Crippen LogP contribution in [0.4, 0.5) is 5.82 Å². The smallest absolute Gasteiger partial charge is 0.255 e. The van der Waals surface area contributed by atoms with Gasteiger partial charge in [0.25, 0.3) is 5.91 Å². The largest absolute Gasteiger partial charge is 0.378 e. The molecule has 8 nitrogen and oxygen atoms in total. The van der Waals surface area contributed by atoms with Gasteiger partial charge in [-0.25, -0.2) is 18.5 Å². The fourth-order valence-corrected chi connectivity index (χ4v) is 3.27. The quantitative estimate of drug-likeness (QED) is 0.756. The minimum absolute atomic E-state index is 0.0349. The van der Waals surface area contributed by atoms with E-state index < -0.39 is 10.0 Å². The molecule has 1 fully saturated rings. The predicted octanol–water partition coefficient (Wildman–Crippen LogP) is 0.856. The van der Waals surface area contributed by atoms with Gasteiger partial charge in [0.05, 0.1) is 23.7 Å². The Morgan fingerprint density at radius 2 is 1.85 bits per heavy atom. The number of morpholine rings is 1. The molecule has 1 aliphatic heterocycles. The summed E-state index contributed by atoms with van der Waals surface area (Å²) in [7, 11) is -3.67. The van der Waals surface area contributed by atoms with Crippen LogP contribution < -0.4 is 10.5 Å². The van der Waals surface area contributed by atoms with Gasteiger partial charge >= 0.3 is 0 Å². The van der Waals surface area contributed by atoms with Crippen molar-refractivity contribution in [3.63, 3.8) is 0 Å². The van der Waals surface area contributed by atoms with E-state index in [9.17, 15) is 13.2 Å². The number of ether oxygens (including phenoxy) is 1. The fourth-order valence-electron chi connectivity index (χ4n) is 2.75. The van der Waals surface area contributed by atoms with E-state index in [1.807, 2.05) is 0 Å². The molecule has 0 bridgehead atoms. The van der Waals surface area contributed by atoms with E-state index in [1.54, 1.807) is 35.4 Å². The minimum atomic E-state index is -3.67. The maximum atomic E-state index is 12.4. The topological polar surface area (TPSA) is 115 Å². The van der Waals surface area contributed by atoms with Crippen molar-refractivity contribution in [1.82, 2.24) is 9.88 Å². The third-order valence-corrected chi connectivity index (χ3v) is 5.21. The van der Waals surface area contributed by atoms with Gasteiger partial charge in [-0.2, -0.15) is 0 Å². The van der Waals surface area contributed by atoms with E-state index in [0.717, 1.165) is 5.56 Å². The van der Waals surface area contributed by atoms with Crippen molar-refractivity contribution in [1.29, 1.82) is 0 Å².